The van der Waals surface area contributed by atoms with Gasteiger partial charge in [0.2, 0.25) is 0 Å². The summed E-state index contributed by atoms with van der Waals surface area (Å²) in [6.45, 7) is 3.18. The number of ether oxygens (including phenoxy) is 1. The number of anilines is 3. The van der Waals surface area contributed by atoms with Crippen molar-refractivity contribution in [3.8, 4) is 22.5 Å². The van der Waals surface area contributed by atoms with Crippen molar-refractivity contribution in [3.63, 3.8) is 0 Å². The van der Waals surface area contributed by atoms with Gasteiger partial charge in [0.25, 0.3) is 0 Å². The second kappa shape index (κ2) is 11.3. The number of nitrogens with zero attached hydrogens (tertiary/aromatic N) is 5. The van der Waals surface area contributed by atoms with Crippen LogP contribution in [0.1, 0.15) is 11.3 Å². The molecule has 1 fully saturated rings. The highest BCUT2D eigenvalue weighted by molar-refractivity contribution is 6.01. The number of nitrogen functional groups attached to an aromatic ring is 1. The number of fused-ring (bicyclic) bond motifs is 1. The fourth-order valence-electron chi connectivity index (χ4n) is 4.98. The summed E-state index contributed by atoms with van der Waals surface area (Å²) in [5.74, 6) is -0.275. The summed E-state index contributed by atoms with van der Waals surface area (Å²) >= 11 is 0. The lowest BCUT2D eigenvalue weighted by Gasteiger charge is -2.26. The van der Waals surface area contributed by atoms with Crippen molar-refractivity contribution < 1.29 is 31.5 Å². The predicted molar refractivity (Wildman–Crippen MR) is 148 cm³/mol. The fraction of sp³-hybridized carbons (Fsp3) is 0.214. The Balaban J connectivity index is 1.33. The average molecular weight is 597 g/mol. The van der Waals surface area contributed by atoms with Gasteiger partial charge in [0.15, 0.2) is 18.0 Å². The van der Waals surface area contributed by atoms with E-state index in [0.717, 1.165) is 24.3 Å². The number of hydrogen-bond acceptors (Lipinski definition) is 8. The van der Waals surface area contributed by atoms with Gasteiger partial charge in [-0.3, -0.25) is 4.90 Å². The van der Waals surface area contributed by atoms with Gasteiger partial charge in [-0.05, 0) is 35.9 Å². The van der Waals surface area contributed by atoms with Crippen LogP contribution in [0, 0.1) is 5.82 Å². The van der Waals surface area contributed by atoms with Crippen molar-refractivity contribution in [2.45, 2.75) is 12.7 Å². The van der Waals surface area contributed by atoms with E-state index in [-0.39, 0.29) is 5.82 Å². The van der Waals surface area contributed by atoms with Crippen molar-refractivity contribution in [2.75, 3.05) is 42.7 Å². The third kappa shape index (κ3) is 5.72. The number of hydrogen-bond donors (Lipinski definition) is 3. The summed E-state index contributed by atoms with van der Waals surface area (Å²) in [6, 6.07) is 7.47. The largest absolute Gasteiger partial charge is 0.443 e. The summed E-state index contributed by atoms with van der Waals surface area (Å²) in [5, 5.41) is 9.12. The van der Waals surface area contributed by atoms with Gasteiger partial charge >= 0.3 is 12.2 Å². The average Bonchev–Trinajstić information content (AvgIpc) is 3.62. The molecule has 15 heteroatoms. The molecule has 11 nitrogen and oxygen atoms in total. The van der Waals surface area contributed by atoms with E-state index >= 15 is 0 Å². The van der Waals surface area contributed by atoms with Crippen molar-refractivity contribution in [3.05, 3.63) is 78.5 Å². The number of carbonyl (C=O) groups is 1. The summed E-state index contributed by atoms with van der Waals surface area (Å²) in [5.41, 5.74) is 8.41. The maximum absolute atomic E-state index is 14.1. The molecule has 0 radical (unpaired) electrons. The number of carbonyl (C=O) groups excluding carboxylic acids is 1. The van der Waals surface area contributed by atoms with Crippen LogP contribution in [0.25, 0.3) is 28.0 Å². The SMILES string of the molecule is Nc1ncnn2c(CN3CCOCC3)c(-c3cnco3)c(-c3ccc(NC(=O)Nc4cc(C(F)(F)F)ccc4F)cc3)c12. The first-order valence-electron chi connectivity index (χ1n) is 13.1. The second-order valence-electron chi connectivity index (χ2n) is 9.71. The van der Waals surface area contributed by atoms with E-state index in [4.69, 9.17) is 14.9 Å². The van der Waals surface area contributed by atoms with E-state index in [9.17, 15) is 22.4 Å². The van der Waals surface area contributed by atoms with E-state index in [0.29, 0.717) is 66.0 Å². The zero-order valence-corrected chi connectivity index (χ0v) is 22.4. The summed E-state index contributed by atoms with van der Waals surface area (Å²) in [6.07, 6.45) is -0.398. The van der Waals surface area contributed by atoms with Gasteiger partial charge in [0, 0.05) is 30.9 Å². The molecular weight excluding hydrogens is 572 g/mol. The zero-order valence-electron chi connectivity index (χ0n) is 22.4. The molecule has 0 bridgehead atoms. The Hall–Kier alpha value is -5.02. The molecule has 43 heavy (non-hydrogen) atoms. The van der Waals surface area contributed by atoms with Gasteiger partial charge in [0.05, 0.1) is 41.9 Å². The van der Waals surface area contributed by atoms with Crippen LogP contribution in [0.5, 0.6) is 0 Å². The monoisotopic (exact) mass is 596 g/mol. The number of alkyl halides is 3. The standard InChI is InChI=1S/C28H24F4N8O3/c29-19-6-3-17(28(30,31)32)11-20(19)38-27(41)37-18-4-1-16(2-5-18)23-24(22-12-34-15-43-22)21(13-39-7-9-42-10-8-39)40-25(23)26(33)35-14-36-40/h1-6,11-12,14-15H,7-10,13H2,(H2,33,35,36)(H2,37,38,41). The summed E-state index contributed by atoms with van der Waals surface area (Å²) < 4.78 is 66.2. The molecule has 4 heterocycles. The third-order valence-electron chi connectivity index (χ3n) is 6.98. The van der Waals surface area contributed by atoms with Crippen molar-refractivity contribution in [2.24, 2.45) is 0 Å². The normalized spacial score (nSPS) is 14.2. The van der Waals surface area contributed by atoms with E-state index in [2.05, 4.69) is 30.6 Å². The molecule has 2 amide bonds. The number of nitrogens with one attached hydrogen (secondary N) is 2. The molecule has 222 valence electrons. The van der Waals surface area contributed by atoms with E-state index < -0.39 is 29.3 Å². The summed E-state index contributed by atoms with van der Waals surface area (Å²) in [4.78, 5) is 23.1. The first-order valence-corrected chi connectivity index (χ1v) is 13.1. The highest BCUT2D eigenvalue weighted by Crippen LogP contribution is 2.42. The first-order chi connectivity index (χ1) is 20.7. The molecular formula is C28H24F4N8O3. The van der Waals surface area contributed by atoms with Crippen LogP contribution in [-0.4, -0.2) is 56.8 Å². The maximum Gasteiger partial charge on any atom is 0.416 e. The second-order valence-corrected chi connectivity index (χ2v) is 9.71. The molecule has 5 aromatic rings. The Morgan fingerprint density at radius 3 is 2.51 bits per heavy atom. The molecule has 0 atom stereocenters. The molecule has 6 rings (SSSR count). The minimum atomic E-state index is -4.69. The van der Waals surface area contributed by atoms with Gasteiger partial charge in [-0.2, -0.15) is 18.3 Å². The lowest BCUT2D eigenvalue weighted by molar-refractivity contribution is -0.137. The molecule has 2 aromatic carbocycles. The molecule has 4 N–H and O–H groups in total. The van der Waals surface area contributed by atoms with Crippen LogP contribution in [0.2, 0.25) is 0 Å². The van der Waals surface area contributed by atoms with Crippen molar-refractivity contribution in [1.29, 1.82) is 0 Å². The molecule has 0 aliphatic carbocycles. The topological polar surface area (TPSA) is 136 Å². The number of urea groups is 1. The Bertz CT molecular complexity index is 1770. The lowest BCUT2D eigenvalue weighted by Crippen LogP contribution is -2.36. The van der Waals surface area contributed by atoms with E-state index in [1.807, 2.05) is 0 Å². The van der Waals surface area contributed by atoms with Crippen LogP contribution in [0.15, 0.2) is 65.8 Å². The highest BCUT2D eigenvalue weighted by Gasteiger charge is 2.31. The van der Waals surface area contributed by atoms with Gasteiger partial charge < -0.3 is 25.5 Å². The van der Waals surface area contributed by atoms with Crippen molar-refractivity contribution >= 4 is 28.7 Å². The minimum Gasteiger partial charge on any atom is -0.443 e. The number of morpholine rings is 1. The van der Waals surface area contributed by atoms with Gasteiger partial charge in [-0.1, -0.05) is 12.1 Å². The molecule has 1 saturated heterocycles. The van der Waals surface area contributed by atoms with Crippen molar-refractivity contribution in [1.82, 2.24) is 24.5 Å². The molecule has 3 aromatic heterocycles. The number of nitrogens with two attached hydrogens (primary N) is 1. The molecule has 1 aliphatic rings. The Labute approximate surface area is 241 Å². The number of oxazole rings is 1. The quantitative estimate of drug-likeness (QED) is 0.226. The number of halogens is 4. The lowest BCUT2D eigenvalue weighted by atomic mass is 9.99. The smallest absolute Gasteiger partial charge is 0.416 e. The molecule has 1 aliphatic heterocycles. The highest BCUT2D eigenvalue weighted by atomic mass is 19.4. The van der Waals surface area contributed by atoms with E-state index in [1.54, 1.807) is 35.0 Å². The summed E-state index contributed by atoms with van der Waals surface area (Å²) in [7, 11) is 0. The van der Waals surface area contributed by atoms with Gasteiger partial charge in [0.1, 0.15) is 17.7 Å². The maximum atomic E-state index is 14.1. The van der Waals surface area contributed by atoms with Crippen LogP contribution in [0.4, 0.5) is 39.5 Å². The van der Waals surface area contributed by atoms with Gasteiger partial charge in [-0.25, -0.2) is 23.7 Å². The van der Waals surface area contributed by atoms with Crippen LogP contribution in [0.3, 0.4) is 0 Å². The number of amides is 2. The molecule has 0 spiro atoms. The first kappa shape index (κ1) is 28.1. The minimum absolute atomic E-state index is 0.240. The molecule has 0 saturated carbocycles. The van der Waals surface area contributed by atoms with Crippen LogP contribution in [-0.2, 0) is 17.5 Å². The van der Waals surface area contributed by atoms with Crippen LogP contribution < -0.4 is 16.4 Å². The Morgan fingerprint density at radius 1 is 1.05 bits per heavy atom. The predicted octanol–water partition coefficient (Wildman–Crippen LogP) is 5.27. The van der Waals surface area contributed by atoms with E-state index in [1.165, 1.54) is 12.7 Å². The number of rotatable bonds is 6. The fourth-order valence-corrected chi connectivity index (χ4v) is 4.98. The Morgan fingerprint density at radius 2 is 1.81 bits per heavy atom. The van der Waals surface area contributed by atoms with Crippen LogP contribution >= 0.6 is 0 Å². The zero-order chi connectivity index (χ0) is 30.1. The number of benzene rings is 2. The third-order valence-corrected chi connectivity index (χ3v) is 6.98. The van der Waals surface area contributed by atoms with Gasteiger partial charge in [-0.15, -0.1) is 0 Å². The number of aromatic nitrogens is 4. The Kier molecular flexibility index (Phi) is 7.41. The molecule has 0 unspecified atom stereocenters.